The van der Waals surface area contributed by atoms with Gasteiger partial charge in [-0.15, -0.1) is 11.3 Å². The van der Waals surface area contributed by atoms with E-state index in [4.69, 9.17) is 19.2 Å². The molecule has 1 saturated heterocycles. The van der Waals surface area contributed by atoms with Crippen LogP contribution in [0.15, 0.2) is 47.3 Å². The molecule has 4 aromatic rings. The number of nitrogens with zero attached hydrogens (tertiary/aromatic N) is 2. The van der Waals surface area contributed by atoms with E-state index in [0.29, 0.717) is 40.3 Å². The summed E-state index contributed by atoms with van der Waals surface area (Å²) in [5, 5.41) is 18.7. The van der Waals surface area contributed by atoms with Crippen LogP contribution in [-0.2, 0) is 21.7 Å². The molecule has 1 aliphatic rings. The first kappa shape index (κ1) is 25.7. The Morgan fingerprint density at radius 3 is 2.70 bits per heavy atom. The number of aliphatic hydroxyl groups is 1. The molecule has 1 fully saturated rings. The molecule has 0 spiro atoms. The third kappa shape index (κ3) is 5.83. The Hall–Kier alpha value is -2.89. The maximum atomic E-state index is 14.8. The number of rotatable bonds is 11. The van der Waals surface area contributed by atoms with Crippen molar-refractivity contribution in [3.8, 4) is 28.1 Å². The molecule has 0 amide bonds. The topological polar surface area (TPSA) is 89.0 Å². The number of epoxide rings is 1. The van der Waals surface area contributed by atoms with Crippen molar-refractivity contribution in [2.24, 2.45) is 5.92 Å². The van der Waals surface area contributed by atoms with Gasteiger partial charge in [0.05, 0.1) is 17.9 Å². The van der Waals surface area contributed by atoms with Gasteiger partial charge in [0.2, 0.25) is 5.79 Å². The maximum Gasteiger partial charge on any atom is 0.220 e. The summed E-state index contributed by atoms with van der Waals surface area (Å²) in [7, 11) is 1.57. The summed E-state index contributed by atoms with van der Waals surface area (Å²) in [6, 6.07) is 8.79. The molecule has 37 heavy (non-hydrogen) atoms. The smallest absolute Gasteiger partial charge is 0.220 e. The highest BCUT2D eigenvalue weighted by atomic mass is 32.1. The Morgan fingerprint density at radius 1 is 1.19 bits per heavy atom. The van der Waals surface area contributed by atoms with Gasteiger partial charge in [0.1, 0.15) is 19.0 Å². The lowest BCUT2D eigenvalue weighted by Crippen LogP contribution is -2.11. The van der Waals surface area contributed by atoms with Crippen molar-refractivity contribution in [2.45, 2.75) is 26.1 Å². The molecule has 3 aromatic heterocycles. The number of aromatic nitrogens is 2. The molecule has 0 bridgehead atoms. The van der Waals surface area contributed by atoms with Crippen LogP contribution >= 0.6 is 22.7 Å². The third-order valence-corrected chi connectivity index (χ3v) is 7.52. The summed E-state index contributed by atoms with van der Waals surface area (Å²) in [6.07, 6.45) is 2.55. The van der Waals surface area contributed by atoms with Crippen LogP contribution in [0.25, 0.3) is 22.4 Å². The SMILES string of the molecule is COCCOc1ccc(-c2nc(Nc3ncc(-c4ccsc4)cc3C3(O)CO3)sc2CC(C)C)cc1F. The van der Waals surface area contributed by atoms with E-state index in [0.717, 1.165) is 22.4 Å². The fraction of sp³-hybridized carbons (Fsp3) is 0.333. The molecule has 1 unspecified atom stereocenters. The van der Waals surface area contributed by atoms with Gasteiger partial charge >= 0.3 is 0 Å². The second-order valence-corrected chi connectivity index (χ2v) is 11.1. The molecule has 1 aromatic carbocycles. The van der Waals surface area contributed by atoms with Crippen LogP contribution in [0.5, 0.6) is 5.75 Å². The van der Waals surface area contributed by atoms with Gasteiger partial charge < -0.3 is 24.6 Å². The van der Waals surface area contributed by atoms with Crippen LogP contribution < -0.4 is 10.1 Å². The molecule has 1 atom stereocenters. The summed E-state index contributed by atoms with van der Waals surface area (Å²) in [6.45, 7) is 5.12. The van der Waals surface area contributed by atoms with E-state index in [-0.39, 0.29) is 19.0 Å². The molecule has 10 heteroatoms. The highest BCUT2D eigenvalue weighted by Gasteiger charge is 2.47. The summed E-state index contributed by atoms with van der Waals surface area (Å²) < 4.78 is 30.6. The van der Waals surface area contributed by atoms with Crippen LogP contribution in [0.1, 0.15) is 24.3 Å². The van der Waals surface area contributed by atoms with Crippen LogP contribution in [0.4, 0.5) is 15.3 Å². The van der Waals surface area contributed by atoms with E-state index in [1.807, 2.05) is 29.0 Å². The van der Waals surface area contributed by atoms with Crippen molar-refractivity contribution in [3.63, 3.8) is 0 Å². The lowest BCUT2D eigenvalue weighted by molar-refractivity contribution is 0.0339. The molecule has 0 aliphatic carbocycles. The van der Waals surface area contributed by atoms with Gasteiger partial charge in [-0.3, -0.25) is 0 Å². The Bertz CT molecular complexity index is 1370. The average Bonchev–Trinajstić information content (AvgIpc) is 3.24. The van der Waals surface area contributed by atoms with Crippen molar-refractivity contribution >= 4 is 33.6 Å². The van der Waals surface area contributed by atoms with Crippen molar-refractivity contribution in [1.29, 1.82) is 0 Å². The molecule has 2 N–H and O–H groups in total. The maximum absolute atomic E-state index is 14.8. The van der Waals surface area contributed by atoms with Gasteiger partial charge in [0.25, 0.3) is 0 Å². The Balaban J connectivity index is 1.46. The zero-order chi connectivity index (χ0) is 26.0. The normalized spacial score (nSPS) is 16.8. The fourth-order valence-corrected chi connectivity index (χ4v) is 5.77. The summed E-state index contributed by atoms with van der Waals surface area (Å²) in [5.41, 5.74) is 3.86. The number of hydrogen-bond acceptors (Lipinski definition) is 9. The lowest BCUT2D eigenvalue weighted by Gasteiger charge is -2.13. The van der Waals surface area contributed by atoms with Crippen LogP contribution in [-0.4, -0.2) is 42.0 Å². The van der Waals surface area contributed by atoms with E-state index in [1.165, 1.54) is 17.4 Å². The van der Waals surface area contributed by atoms with Crippen LogP contribution in [0.2, 0.25) is 0 Å². The number of thiazole rings is 1. The van der Waals surface area contributed by atoms with E-state index in [9.17, 15) is 9.50 Å². The highest BCUT2D eigenvalue weighted by molar-refractivity contribution is 7.16. The van der Waals surface area contributed by atoms with Gasteiger partial charge in [-0.05, 0) is 59.0 Å². The molecule has 4 heterocycles. The van der Waals surface area contributed by atoms with Crippen molar-refractivity contribution < 1.29 is 23.7 Å². The monoisotopic (exact) mass is 541 g/mol. The number of halogens is 1. The van der Waals surface area contributed by atoms with E-state index in [1.54, 1.807) is 30.7 Å². The van der Waals surface area contributed by atoms with E-state index < -0.39 is 11.6 Å². The summed E-state index contributed by atoms with van der Waals surface area (Å²) in [4.78, 5) is 10.4. The first-order chi connectivity index (χ1) is 17.9. The molecule has 5 rings (SSSR count). The Morgan fingerprint density at radius 2 is 2.03 bits per heavy atom. The first-order valence-electron chi connectivity index (χ1n) is 11.9. The van der Waals surface area contributed by atoms with Gasteiger partial charge in [0.15, 0.2) is 16.7 Å². The molecule has 1 aliphatic heterocycles. The largest absolute Gasteiger partial charge is 0.488 e. The zero-order valence-corrected chi connectivity index (χ0v) is 22.4. The Labute approximate surface area is 222 Å². The lowest BCUT2D eigenvalue weighted by atomic mass is 10.0. The minimum Gasteiger partial charge on any atom is -0.488 e. The van der Waals surface area contributed by atoms with Crippen molar-refractivity contribution in [2.75, 3.05) is 32.2 Å². The number of hydrogen-bond donors (Lipinski definition) is 2. The minimum atomic E-state index is -1.37. The van der Waals surface area contributed by atoms with Gasteiger partial charge in [0, 0.05) is 29.3 Å². The highest BCUT2D eigenvalue weighted by Crippen LogP contribution is 2.43. The molecule has 194 valence electrons. The number of methoxy groups -OCH3 is 1. The number of ether oxygens (including phenoxy) is 3. The number of anilines is 2. The molecular formula is C27H28FN3O4S2. The molecular weight excluding hydrogens is 513 g/mol. The molecule has 7 nitrogen and oxygen atoms in total. The Kier molecular flexibility index (Phi) is 7.55. The first-order valence-corrected chi connectivity index (χ1v) is 13.7. The average molecular weight is 542 g/mol. The quantitative estimate of drug-likeness (QED) is 0.172. The molecule has 0 saturated carbocycles. The third-order valence-electron chi connectivity index (χ3n) is 5.85. The standard InChI is InChI=1S/C27H28FN3O4S2/c1-16(2)10-23-24(17-4-5-22(21(28)12-17)34-8-7-33-3)30-26(37-23)31-25-20(27(32)15-35-27)11-19(13-29-25)18-6-9-36-14-18/h4-6,9,11-14,16,32H,7-8,10,15H2,1-3H3,(H,29,30,31). The van der Waals surface area contributed by atoms with Crippen LogP contribution in [0, 0.1) is 11.7 Å². The fourth-order valence-electron chi connectivity index (χ4n) is 3.91. The predicted octanol–water partition coefficient (Wildman–Crippen LogP) is 6.22. The number of pyridine rings is 1. The summed E-state index contributed by atoms with van der Waals surface area (Å²) >= 11 is 3.09. The van der Waals surface area contributed by atoms with Gasteiger partial charge in [-0.2, -0.15) is 11.3 Å². The van der Waals surface area contributed by atoms with Gasteiger partial charge in [-0.1, -0.05) is 13.8 Å². The van der Waals surface area contributed by atoms with Crippen LogP contribution in [0.3, 0.4) is 0 Å². The zero-order valence-electron chi connectivity index (χ0n) is 20.8. The van der Waals surface area contributed by atoms with E-state index >= 15 is 0 Å². The predicted molar refractivity (Wildman–Crippen MR) is 144 cm³/mol. The van der Waals surface area contributed by atoms with Crippen molar-refractivity contribution in [3.05, 3.63) is 63.5 Å². The number of thiophene rings is 1. The second-order valence-electron chi connectivity index (χ2n) is 9.21. The minimum absolute atomic E-state index is 0.178. The number of benzene rings is 1. The van der Waals surface area contributed by atoms with Gasteiger partial charge in [-0.25, -0.2) is 14.4 Å². The summed E-state index contributed by atoms with van der Waals surface area (Å²) in [5.74, 6) is -0.787. The second kappa shape index (κ2) is 10.8. The molecule has 0 radical (unpaired) electrons. The van der Waals surface area contributed by atoms with E-state index in [2.05, 4.69) is 24.1 Å². The van der Waals surface area contributed by atoms with Crippen molar-refractivity contribution in [1.82, 2.24) is 9.97 Å². The number of nitrogens with one attached hydrogen (secondary N) is 1.